The molecule has 0 fully saturated rings. The maximum absolute atomic E-state index is 15.0. The SMILES string of the molecule is O=C(O)C(F)(C(O)c1ccc(F)cc1)C(O)c1ccc(F)cc1. The van der Waals surface area contributed by atoms with Crippen molar-refractivity contribution in [3.05, 3.63) is 71.3 Å². The molecule has 2 unspecified atom stereocenters. The molecule has 2 aromatic rings. The Kier molecular flexibility index (Phi) is 4.72. The summed E-state index contributed by atoms with van der Waals surface area (Å²) < 4.78 is 40.8. The smallest absolute Gasteiger partial charge is 0.347 e. The van der Waals surface area contributed by atoms with Gasteiger partial charge in [0.2, 0.25) is 0 Å². The first-order valence-corrected chi connectivity index (χ1v) is 6.56. The predicted octanol–water partition coefficient (Wildman–Crippen LogP) is 2.52. The van der Waals surface area contributed by atoms with Crippen molar-refractivity contribution < 1.29 is 33.3 Å². The van der Waals surface area contributed by atoms with Gasteiger partial charge in [-0.3, -0.25) is 0 Å². The topological polar surface area (TPSA) is 77.8 Å². The third kappa shape index (κ3) is 3.20. The van der Waals surface area contributed by atoms with Gasteiger partial charge >= 0.3 is 5.97 Å². The number of alkyl halides is 1. The molecule has 0 heterocycles. The molecule has 122 valence electrons. The Labute approximate surface area is 129 Å². The molecule has 3 N–H and O–H groups in total. The van der Waals surface area contributed by atoms with Crippen LogP contribution in [0.15, 0.2) is 48.5 Å². The Bertz CT molecular complexity index is 634. The molecule has 0 saturated carbocycles. The van der Waals surface area contributed by atoms with Crippen molar-refractivity contribution in [2.24, 2.45) is 0 Å². The van der Waals surface area contributed by atoms with Crippen LogP contribution in [0.25, 0.3) is 0 Å². The van der Waals surface area contributed by atoms with Gasteiger partial charge in [0.05, 0.1) is 0 Å². The first-order valence-electron chi connectivity index (χ1n) is 6.56. The van der Waals surface area contributed by atoms with Crippen molar-refractivity contribution in [3.8, 4) is 0 Å². The number of hydrogen-bond donors (Lipinski definition) is 3. The molecule has 0 aromatic heterocycles. The molecule has 23 heavy (non-hydrogen) atoms. The minimum absolute atomic E-state index is 0.225. The van der Waals surface area contributed by atoms with E-state index in [9.17, 15) is 28.2 Å². The summed E-state index contributed by atoms with van der Waals surface area (Å²) in [5.41, 5.74) is -3.95. The van der Waals surface area contributed by atoms with E-state index in [1.807, 2.05) is 0 Å². The Balaban J connectivity index is 2.43. The molecule has 2 rings (SSSR count). The van der Waals surface area contributed by atoms with Gasteiger partial charge in [0.15, 0.2) is 0 Å². The van der Waals surface area contributed by atoms with E-state index < -0.39 is 35.5 Å². The van der Waals surface area contributed by atoms with Crippen LogP contribution in [0, 0.1) is 11.6 Å². The van der Waals surface area contributed by atoms with Crippen LogP contribution >= 0.6 is 0 Å². The van der Waals surface area contributed by atoms with E-state index in [1.165, 1.54) is 0 Å². The van der Waals surface area contributed by atoms with Crippen molar-refractivity contribution in [2.75, 3.05) is 0 Å². The average molecular weight is 326 g/mol. The number of carboxylic acid groups (broad SMARTS) is 1. The van der Waals surface area contributed by atoms with E-state index in [1.54, 1.807) is 0 Å². The van der Waals surface area contributed by atoms with Gasteiger partial charge in [-0.2, -0.15) is 0 Å². The molecule has 0 aliphatic rings. The Morgan fingerprint density at radius 3 is 1.39 bits per heavy atom. The highest BCUT2D eigenvalue weighted by Crippen LogP contribution is 2.40. The van der Waals surface area contributed by atoms with Crippen LogP contribution in [0.2, 0.25) is 0 Å². The monoisotopic (exact) mass is 326 g/mol. The van der Waals surface area contributed by atoms with E-state index in [0.717, 1.165) is 48.5 Å². The number of benzene rings is 2. The number of aliphatic carboxylic acids is 1. The van der Waals surface area contributed by atoms with Crippen LogP contribution in [0.5, 0.6) is 0 Å². The summed E-state index contributed by atoms with van der Waals surface area (Å²) in [4.78, 5) is 11.3. The fourth-order valence-electron chi connectivity index (χ4n) is 2.16. The molecule has 0 bridgehead atoms. The van der Waals surface area contributed by atoms with Crippen LogP contribution in [0.4, 0.5) is 13.2 Å². The van der Waals surface area contributed by atoms with Crippen LogP contribution in [0.3, 0.4) is 0 Å². The van der Waals surface area contributed by atoms with Crippen LogP contribution in [0.1, 0.15) is 23.3 Å². The number of aliphatic hydroxyl groups excluding tert-OH is 2. The molecule has 7 heteroatoms. The highest BCUT2D eigenvalue weighted by atomic mass is 19.1. The lowest BCUT2D eigenvalue weighted by molar-refractivity contribution is -0.175. The highest BCUT2D eigenvalue weighted by Gasteiger charge is 2.53. The summed E-state index contributed by atoms with van der Waals surface area (Å²) in [6, 6.07) is 7.72. The zero-order valence-electron chi connectivity index (χ0n) is 11.7. The molecule has 0 spiro atoms. The number of carbonyl (C=O) groups is 1. The molecule has 4 nitrogen and oxygen atoms in total. The summed E-state index contributed by atoms with van der Waals surface area (Å²) in [6.07, 6.45) is -4.53. The Hall–Kier alpha value is -2.38. The molecule has 2 atom stereocenters. The van der Waals surface area contributed by atoms with Gasteiger partial charge < -0.3 is 15.3 Å². The van der Waals surface area contributed by atoms with E-state index in [4.69, 9.17) is 5.11 Å². The molecule has 2 aromatic carbocycles. The van der Waals surface area contributed by atoms with Crippen LogP contribution in [-0.4, -0.2) is 27.0 Å². The summed E-state index contributed by atoms with van der Waals surface area (Å²) in [5, 5.41) is 29.3. The fraction of sp³-hybridized carbons (Fsp3) is 0.188. The van der Waals surface area contributed by atoms with Gasteiger partial charge in [0.1, 0.15) is 23.8 Å². The number of rotatable bonds is 5. The Morgan fingerprint density at radius 2 is 1.13 bits per heavy atom. The van der Waals surface area contributed by atoms with Gasteiger partial charge in [0.25, 0.3) is 5.67 Å². The second-order valence-electron chi connectivity index (χ2n) is 4.98. The number of hydrogen-bond acceptors (Lipinski definition) is 3. The third-order valence-electron chi connectivity index (χ3n) is 3.50. The second-order valence-corrected chi connectivity index (χ2v) is 4.98. The highest BCUT2D eigenvalue weighted by molar-refractivity contribution is 5.80. The maximum atomic E-state index is 15.0. The number of halogens is 3. The minimum Gasteiger partial charge on any atom is -0.479 e. The van der Waals surface area contributed by atoms with Gasteiger partial charge in [0, 0.05) is 0 Å². The Morgan fingerprint density at radius 1 is 0.826 bits per heavy atom. The number of aliphatic hydroxyl groups is 2. The van der Waals surface area contributed by atoms with Gasteiger partial charge in [-0.1, -0.05) is 24.3 Å². The van der Waals surface area contributed by atoms with Crippen LogP contribution in [-0.2, 0) is 4.79 Å². The van der Waals surface area contributed by atoms with Crippen molar-refractivity contribution >= 4 is 5.97 Å². The van der Waals surface area contributed by atoms with E-state index in [0.29, 0.717) is 0 Å². The average Bonchev–Trinajstić information content (AvgIpc) is 2.54. The maximum Gasteiger partial charge on any atom is 0.347 e. The zero-order chi connectivity index (χ0) is 17.2. The van der Waals surface area contributed by atoms with Crippen molar-refractivity contribution in [1.82, 2.24) is 0 Å². The lowest BCUT2D eigenvalue weighted by atomic mass is 9.84. The van der Waals surface area contributed by atoms with Crippen molar-refractivity contribution in [2.45, 2.75) is 17.9 Å². The summed E-state index contributed by atoms with van der Waals surface area (Å²) in [6.45, 7) is 0. The first-order chi connectivity index (χ1) is 10.8. The minimum atomic E-state index is -3.50. The molecular weight excluding hydrogens is 313 g/mol. The molecule has 0 amide bonds. The zero-order valence-corrected chi connectivity index (χ0v) is 11.7. The normalized spacial score (nSPS) is 16.4. The van der Waals surface area contributed by atoms with Gasteiger partial charge in [-0.25, -0.2) is 18.0 Å². The van der Waals surface area contributed by atoms with E-state index >= 15 is 0 Å². The summed E-state index contributed by atoms with van der Waals surface area (Å²) in [7, 11) is 0. The summed E-state index contributed by atoms with van der Waals surface area (Å²) >= 11 is 0. The van der Waals surface area contributed by atoms with Gasteiger partial charge in [-0.05, 0) is 35.4 Å². The second kappa shape index (κ2) is 6.39. The molecule has 0 radical (unpaired) electrons. The number of carboxylic acids is 1. The van der Waals surface area contributed by atoms with Crippen molar-refractivity contribution in [1.29, 1.82) is 0 Å². The lowest BCUT2D eigenvalue weighted by Gasteiger charge is -2.31. The van der Waals surface area contributed by atoms with Gasteiger partial charge in [-0.15, -0.1) is 0 Å². The molecule has 0 aliphatic heterocycles. The van der Waals surface area contributed by atoms with E-state index in [-0.39, 0.29) is 11.1 Å². The quantitative estimate of drug-likeness (QED) is 0.789. The molecule has 0 aliphatic carbocycles. The molecular formula is C16H13F3O4. The standard InChI is InChI=1S/C16H13F3O4/c17-11-5-1-9(2-6-11)13(20)16(19,15(22)23)14(21)10-3-7-12(18)8-4-10/h1-8,13-14,20-21H,(H,22,23). The third-order valence-corrected chi connectivity index (χ3v) is 3.50. The van der Waals surface area contributed by atoms with Crippen molar-refractivity contribution in [3.63, 3.8) is 0 Å². The molecule has 0 saturated heterocycles. The van der Waals surface area contributed by atoms with Crippen LogP contribution < -0.4 is 0 Å². The van der Waals surface area contributed by atoms with E-state index in [2.05, 4.69) is 0 Å². The summed E-state index contributed by atoms with van der Waals surface area (Å²) in [5.74, 6) is -3.41. The fourth-order valence-corrected chi connectivity index (χ4v) is 2.16. The largest absolute Gasteiger partial charge is 0.479 e. The first kappa shape index (κ1) is 17.0. The lowest BCUT2D eigenvalue weighted by Crippen LogP contribution is -2.46. The predicted molar refractivity (Wildman–Crippen MR) is 74.2 cm³/mol.